The Morgan fingerprint density at radius 3 is 2.50 bits per heavy atom. The molecule has 84 valence electrons. The molecular weight excluding hydrogens is 206 g/mol. The van der Waals surface area contributed by atoms with Crippen molar-refractivity contribution in [1.82, 2.24) is 9.66 Å². The lowest BCUT2D eigenvalue weighted by molar-refractivity contribution is 0.355. The van der Waals surface area contributed by atoms with Crippen molar-refractivity contribution in [2.45, 2.75) is 0 Å². The lowest BCUT2D eigenvalue weighted by atomic mass is 10.2. The largest absolute Gasteiger partial charge is 0.493 e. The second-order valence-electron chi connectivity index (χ2n) is 3.23. The molecule has 0 aliphatic rings. The van der Waals surface area contributed by atoms with Gasteiger partial charge in [-0.15, -0.1) is 0 Å². The van der Waals surface area contributed by atoms with Crippen LogP contribution in [-0.4, -0.2) is 23.9 Å². The first-order valence-corrected chi connectivity index (χ1v) is 4.77. The van der Waals surface area contributed by atoms with Crippen LogP contribution in [0.3, 0.4) is 0 Å². The number of nitrogen functional groups attached to an aromatic ring is 1. The normalized spacial score (nSPS) is 10.1. The van der Waals surface area contributed by atoms with Crippen molar-refractivity contribution in [2.24, 2.45) is 0 Å². The van der Waals surface area contributed by atoms with E-state index in [1.54, 1.807) is 26.6 Å². The Balaban J connectivity index is 2.48. The quantitative estimate of drug-likeness (QED) is 0.790. The van der Waals surface area contributed by atoms with Crippen LogP contribution in [-0.2, 0) is 0 Å². The SMILES string of the molecule is COc1ccc(-c2nccn2N)cc1OC. The molecule has 2 aromatic rings. The lowest BCUT2D eigenvalue weighted by Gasteiger charge is -2.09. The van der Waals surface area contributed by atoms with Crippen molar-refractivity contribution >= 4 is 0 Å². The molecule has 0 unspecified atom stereocenters. The van der Waals surface area contributed by atoms with Crippen LogP contribution < -0.4 is 15.3 Å². The summed E-state index contributed by atoms with van der Waals surface area (Å²) in [6.45, 7) is 0. The van der Waals surface area contributed by atoms with Crippen LogP contribution in [0.2, 0.25) is 0 Å². The molecule has 16 heavy (non-hydrogen) atoms. The van der Waals surface area contributed by atoms with E-state index in [4.69, 9.17) is 15.3 Å². The molecule has 1 aromatic carbocycles. The number of ether oxygens (including phenoxy) is 2. The molecule has 0 fully saturated rings. The molecular formula is C11H13N3O2. The van der Waals surface area contributed by atoms with Gasteiger partial charge in [0.1, 0.15) is 0 Å². The second-order valence-corrected chi connectivity index (χ2v) is 3.23. The topological polar surface area (TPSA) is 62.3 Å². The maximum absolute atomic E-state index is 5.72. The number of methoxy groups -OCH3 is 2. The van der Waals surface area contributed by atoms with E-state index in [0.29, 0.717) is 17.3 Å². The fraction of sp³-hybridized carbons (Fsp3) is 0.182. The van der Waals surface area contributed by atoms with Crippen LogP contribution >= 0.6 is 0 Å². The number of benzene rings is 1. The van der Waals surface area contributed by atoms with Gasteiger partial charge < -0.3 is 15.3 Å². The molecule has 0 saturated carbocycles. The van der Waals surface area contributed by atoms with Gasteiger partial charge in [0.05, 0.1) is 14.2 Å². The van der Waals surface area contributed by atoms with Gasteiger partial charge in [0.15, 0.2) is 17.3 Å². The minimum Gasteiger partial charge on any atom is -0.493 e. The molecule has 0 radical (unpaired) electrons. The molecule has 0 aliphatic heterocycles. The second kappa shape index (κ2) is 4.14. The average molecular weight is 219 g/mol. The maximum Gasteiger partial charge on any atom is 0.161 e. The molecule has 0 aliphatic carbocycles. The first-order valence-electron chi connectivity index (χ1n) is 4.77. The number of nitrogens with two attached hydrogens (primary N) is 1. The van der Waals surface area contributed by atoms with Crippen LogP contribution in [0.5, 0.6) is 11.5 Å². The average Bonchev–Trinajstić information content (AvgIpc) is 2.74. The van der Waals surface area contributed by atoms with Crippen molar-refractivity contribution in [3.05, 3.63) is 30.6 Å². The van der Waals surface area contributed by atoms with Crippen molar-refractivity contribution in [3.63, 3.8) is 0 Å². The summed E-state index contributed by atoms with van der Waals surface area (Å²) >= 11 is 0. The van der Waals surface area contributed by atoms with Gasteiger partial charge >= 0.3 is 0 Å². The minimum atomic E-state index is 0.656. The van der Waals surface area contributed by atoms with Crippen molar-refractivity contribution < 1.29 is 9.47 Å². The van der Waals surface area contributed by atoms with E-state index in [9.17, 15) is 0 Å². The van der Waals surface area contributed by atoms with Crippen LogP contribution in [0.4, 0.5) is 0 Å². The number of aromatic nitrogens is 2. The van der Waals surface area contributed by atoms with E-state index in [-0.39, 0.29) is 0 Å². The van der Waals surface area contributed by atoms with Crippen LogP contribution in [0.25, 0.3) is 11.4 Å². The molecule has 1 aromatic heterocycles. The van der Waals surface area contributed by atoms with Gasteiger partial charge in [-0.3, -0.25) is 4.68 Å². The van der Waals surface area contributed by atoms with E-state index in [0.717, 1.165) is 5.56 Å². The summed E-state index contributed by atoms with van der Waals surface area (Å²) in [4.78, 5) is 4.16. The molecule has 0 saturated heterocycles. The van der Waals surface area contributed by atoms with Gasteiger partial charge in [0, 0.05) is 18.0 Å². The van der Waals surface area contributed by atoms with E-state index in [1.807, 2.05) is 18.2 Å². The molecule has 5 heteroatoms. The lowest BCUT2D eigenvalue weighted by Crippen LogP contribution is -2.08. The Morgan fingerprint density at radius 2 is 1.94 bits per heavy atom. The summed E-state index contributed by atoms with van der Waals surface area (Å²) in [6, 6.07) is 5.54. The first-order chi connectivity index (χ1) is 7.76. The molecule has 2 rings (SSSR count). The van der Waals surface area contributed by atoms with Crippen LogP contribution in [0.15, 0.2) is 30.6 Å². The zero-order valence-electron chi connectivity index (χ0n) is 9.18. The highest BCUT2D eigenvalue weighted by Gasteiger charge is 2.08. The molecule has 5 nitrogen and oxygen atoms in total. The smallest absolute Gasteiger partial charge is 0.161 e. The monoisotopic (exact) mass is 219 g/mol. The van der Waals surface area contributed by atoms with Crippen LogP contribution in [0.1, 0.15) is 0 Å². The number of hydrogen-bond acceptors (Lipinski definition) is 4. The Bertz CT molecular complexity index is 494. The number of rotatable bonds is 3. The van der Waals surface area contributed by atoms with E-state index >= 15 is 0 Å². The van der Waals surface area contributed by atoms with E-state index < -0.39 is 0 Å². The highest BCUT2D eigenvalue weighted by atomic mass is 16.5. The molecule has 0 amide bonds. The summed E-state index contributed by atoms with van der Waals surface area (Å²) in [7, 11) is 3.19. The number of imidazole rings is 1. The molecule has 2 N–H and O–H groups in total. The number of nitrogens with zero attached hydrogens (tertiary/aromatic N) is 2. The maximum atomic E-state index is 5.72. The van der Waals surface area contributed by atoms with Gasteiger partial charge in [-0.2, -0.15) is 0 Å². The molecule has 0 spiro atoms. The summed E-state index contributed by atoms with van der Waals surface area (Å²) in [5, 5.41) is 0. The highest BCUT2D eigenvalue weighted by Crippen LogP contribution is 2.31. The molecule has 1 heterocycles. The fourth-order valence-electron chi connectivity index (χ4n) is 1.51. The zero-order valence-corrected chi connectivity index (χ0v) is 9.18. The predicted molar refractivity (Wildman–Crippen MR) is 60.9 cm³/mol. The van der Waals surface area contributed by atoms with Gasteiger partial charge in [-0.25, -0.2) is 4.98 Å². The summed E-state index contributed by atoms with van der Waals surface area (Å²) in [5.74, 6) is 7.74. The Kier molecular flexibility index (Phi) is 2.68. The standard InChI is InChI=1S/C11H13N3O2/c1-15-9-4-3-8(7-10(9)16-2)11-13-5-6-14(11)12/h3-7H,12H2,1-2H3. The highest BCUT2D eigenvalue weighted by molar-refractivity contribution is 5.61. The zero-order chi connectivity index (χ0) is 11.5. The number of hydrogen-bond donors (Lipinski definition) is 1. The summed E-state index contributed by atoms with van der Waals surface area (Å²) in [6.07, 6.45) is 3.33. The minimum absolute atomic E-state index is 0.656. The summed E-state index contributed by atoms with van der Waals surface area (Å²) < 4.78 is 11.8. The van der Waals surface area contributed by atoms with Crippen molar-refractivity contribution in [2.75, 3.05) is 20.1 Å². The third kappa shape index (κ3) is 1.67. The Hall–Kier alpha value is -2.17. The van der Waals surface area contributed by atoms with E-state index in [2.05, 4.69) is 4.98 Å². The summed E-state index contributed by atoms with van der Waals surface area (Å²) in [5.41, 5.74) is 0.880. The van der Waals surface area contributed by atoms with Crippen molar-refractivity contribution in [1.29, 1.82) is 0 Å². The van der Waals surface area contributed by atoms with Gasteiger partial charge in [-0.1, -0.05) is 0 Å². The van der Waals surface area contributed by atoms with Crippen LogP contribution in [0, 0.1) is 0 Å². The van der Waals surface area contributed by atoms with Gasteiger partial charge in [0.25, 0.3) is 0 Å². The molecule has 0 bridgehead atoms. The van der Waals surface area contributed by atoms with Gasteiger partial charge in [0.2, 0.25) is 0 Å². The third-order valence-corrected chi connectivity index (χ3v) is 2.31. The van der Waals surface area contributed by atoms with Gasteiger partial charge in [-0.05, 0) is 18.2 Å². The third-order valence-electron chi connectivity index (χ3n) is 2.31. The Morgan fingerprint density at radius 1 is 1.19 bits per heavy atom. The van der Waals surface area contributed by atoms with Crippen molar-refractivity contribution in [3.8, 4) is 22.9 Å². The fourth-order valence-corrected chi connectivity index (χ4v) is 1.51. The first kappa shape index (κ1) is 10.4. The predicted octanol–water partition coefficient (Wildman–Crippen LogP) is 1.28. The van der Waals surface area contributed by atoms with E-state index in [1.165, 1.54) is 4.68 Å². The molecule has 0 atom stereocenters. The Labute approximate surface area is 93.4 Å².